The predicted octanol–water partition coefficient (Wildman–Crippen LogP) is 5.00. The van der Waals surface area contributed by atoms with Crippen LogP contribution in [0.4, 0.5) is 0 Å². The lowest BCUT2D eigenvalue weighted by Gasteiger charge is -2.14. The Labute approximate surface area is 178 Å². The van der Waals surface area contributed by atoms with Crippen molar-refractivity contribution < 1.29 is 9.47 Å². The van der Waals surface area contributed by atoms with Gasteiger partial charge in [0.05, 0.1) is 18.7 Å². The molecule has 0 bridgehead atoms. The summed E-state index contributed by atoms with van der Waals surface area (Å²) in [5.74, 6) is 1.80. The highest BCUT2D eigenvalue weighted by molar-refractivity contribution is 6.06. The third kappa shape index (κ3) is 4.89. The van der Waals surface area contributed by atoms with Crippen molar-refractivity contribution in [1.29, 1.82) is 0 Å². The molecule has 29 heavy (non-hydrogen) atoms. The van der Waals surface area contributed by atoms with Crippen molar-refractivity contribution in [3.63, 3.8) is 0 Å². The van der Waals surface area contributed by atoms with Crippen molar-refractivity contribution in [1.82, 2.24) is 5.32 Å². The number of aryl methyl sites for hydroxylation is 1. The third-order valence-electron chi connectivity index (χ3n) is 5.00. The van der Waals surface area contributed by atoms with E-state index >= 15 is 0 Å². The van der Waals surface area contributed by atoms with Gasteiger partial charge in [-0.2, -0.15) is 0 Å². The van der Waals surface area contributed by atoms with Gasteiger partial charge in [-0.15, -0.1) is 12.4 Å². The van der Waals surface area contributed by atoms with E-state index in [1.54, 1.807) is 7.11 Å². The number of hydrogen-bond acceptors (Lipinski definition) is 4. The van der Waals surface area contributed by atoms with E-state index in [0.29, 0.717) is 13.2 Å². The monoisotopic (exact) mass is 410 g/mol. The number of nitrogens with one attached hydrogen (secondary N) is 1. The zero-order chi connectivity index (χ0) is 19.3. The summed E-state index contributed by atoms with van der Waals surface area (Å²) in [5, 5.41) is 5.73. The smallest absolute Gasteiger partial charge is 0.132 e. The van der Waals surface area contributed by atoms with Gasteiger partial charge in [0, 0.05) is 26.7 Å². The van der Waals surface area contributed by atoms with Crippen LogP contribution in [0.5, 0.6) is 5.75 Å². The molecule has 1 heterocycles. The van der Waals surface area contributed by atoms with Crippen LogP contribution in [0.15, 0.2) is 59.6 Å². The van der Waals surface area contributed by atoms with Gasteiger partial charge in [0.25, 0.3) is 0 Å². The summed E-state index contributed by atoms with van der Waals surface area (Å²) in [4.78, 5) is 4.61. The molecule has 0 spiro atoms. The van der Waals surface area contributed by atoms with Crippen LogP contribution in [0.1, 0.15) is 17.5 Å². The number of ether oxygens (including phenoxy) is 2. The Hall–Kier alpha value is -2.56. The van der Waals surface area contributed by atoms with E-state index in [4.69, 9.17) is 9.47 Å². The molecule has 0 saturated heterocycles. The summed E-state index contributed by atoms with van der Waals surface area (Å²) < 4.78 is 11.2. The quantitative estimate of drug-likeness (QED) is 0.557. The van der Waals surface area contributed by atoms with Crippen molar-refractivity contribution in [2.24, 2.45) is 4.99 Å². The fraction of sp³-hybridized carbons (Fsp3) is 0.292. The Bertz CT molecular complexity index is 1000. The van der Waals surface area contributed by atoms with E-state index in [0.717, 1.165) is 36.7 Å². The molecule has 0 aliphatic carbocycles. The summed E-state index contributed by atoms with van der Waals surface area (Å²) in [6, 6.07) is 19.5. The van der Waals surface area contributed by atoms with Crippen molar-refractivity contribution in [3.05, 3.63) is 65.7 Å². The fourth-order valence-electron chi connectivity index (χ4n) is 3.47. The number of rotatable bonds is 7. The zero-order valence-electron chi connectivity index (χ0n) is 16.9. The van der Waals surface area contributed by atoms with Crippen molar-refractivity contribution >= 4 is 29.0 Å². The summed E-state index contributed by atoms with van der Waals surface area (Å²) in [5.41, 5.74) is 4.75. The highest BCUT2D eigenvalue weighted by atomic mass is 35.5. The Balaban J connectivity index is 0.00000240. The molecule has 1 aliphatic heterocycles. The molecule has 3 aromatic carbocycles. The van der Waals surface area contributed by atoms with Gasteiger partial charge in [0.2, 0.25) is 0 Å². The van der Waals surface area contributed by atoms with E-state index < -0.39 is 0 Å². The van der Waals surface area contributed by atoms with Gasteiger partial charge in [0.15, 0.2) is 0 Å². The van der Waals surface area contributed by atoms with Crippen LogP contribution in [0.25, 0.3) is 21.9 Å². The third-order valence-corrected chi connectivity index (χ3v) is 5.00. The van der Waals surface area contributed by atoms with Gasteiger partial charge in [0.1, 0.15) is 11.6 Å². The second kappa shape index (κ2) is 9.77. The molecule has 0 radical (unpaired) electrons. The minimum Gasteiger partial charge on any atom is -0.493 e. The number of amidine groups is 1. The second-order valence-corrected chi connectivity index (χ2v) is 7.13. The average molecular weight is 411 g/mol. The lowest BCUT2D eigenvalue weighted by Crippen LogP contribution is -2.20. The minimum atomic E-state index is 0. The fourth-order valence-corrected chi connectivity index (χ4v) is 3.47. The number of halogens is 1. The molecule has 0 aromatic heterocycles. The van der Waals surface area contributed by atoms with Gasteiger partial charge in [-0.1, -0.05) is 42.0 Å². The summed E-state index contributed by atoms with van der Waals surface area (Å²) in [6.07, 6.45) is 0.861. The first-order chi connectivity index (χ1) is 13.7. The van der Waals surface area contributed by atoms with Crippen LogP contribution in [-0.2, 0) is 4.74 Å². The van der Waals surface area contributed by atoms with Crippen molar-refractivity contribution in [2.75, 3.05) is 33.4 Å². The molecule has 0 amide bonds. The van der Waals surface area contributed by atoms with Crippen LogP contribution >= 0.6 is 12.4 Å². The number of nitrogens with zero attached hydrogens (tertiary/aromatic N) is 1. The molecule has 0 fully saturated rings. The lowest BCUT2D eigenvalue weighted by atomic mass is 9.98. The molecule has 0 saturated carbocycles. The number of aliphatic imine (C=N–C) groups is 1. The van der Waals surface area contributed by atoms with E-state index in [9.17, 15) is 0 Å². The number of hydrogen-bond donors (Lipinski definition) is 1. The van der Waals surface area contributed by atoms with E-state index in [1.165, 1.54) is 27.5 Å². The lowest BCUT2D eigenvalue weighted by molar-refractivity contribution is 0.172. The van der Waals surface area contributed by atoms with Crippen LogP contribution in [0.3, 0.4) is 0 Å². The molecule has 4 nitrogen and oxygen atoms in total. The normalized spacial score (nSPS) is 13.0. The van der Waals surface area contributed by atoms with E-state index in [2.05, 4.69) is 71.8 Å². The molecular formula is C24H27ClN2O2. The maximum absolute atomic E-state index is 6.09. The topological polar surface area (TPSA) is 42.9 Å². The highest BCUT2D eigenvalue weighted by Crippen LogP contribution is 2.31. The van der Waals surface area contributed by atoms with Gasteiger partial charge in [-0.25, -0.2) is 0 Å². The molecule has 0 atom stereocenters. The maximum Gasteiger partial charge on any atom is 0.132 e. The SMILES string of the molecule is COCCCOc1cc2ccc(-c3ccc(C)cc3)cc2cc1C1=NCCN1.Cl. The Morgan fingerprint density at radius 2 is 1.72 bits per heavy atom. The predicted molar refractivity (Wildman–Crippen MR) is 123 cm³/mol. The van der Waals surface area contributed by atoms with Crippen LogP contribution in [0, 0.1) is 6.92 Å². The Morgan fingerprint density at radius 1 is 0.931 bits per heavy atom. The van der Waals surface area contributed by atoms with Crippen LogP contribution in [-0.4, -0.2) is 39.2 Å². The molecule has 0 unspecified atom stereocenters. The molecule has 4 rings (SSSR count). The van der Waals surface area contributed by atoms with Crippen molar-refractivity contribution in [2.45, 2.75) is 13.3 Å². The summed E-state index contributed by atoms with van der Waals surface area (Å²) >= 11 is 0. The summed E-state index contributed by atoms with van der Waals surface area (Å²) in [7, 11) is 1.71. The van der Waals surface area contributed by atoms with Crippen LogP contribution < -0.4 is 10.1 Å². The van der Waals surface area contributed by atoms with Gasteiger partial charge >= 0.3 is 0 Å². The zero-order valence-corrected chi connectivity index (χ0v) is 17.7. The second-order valence-electron chi connectivity index (χ2n) is 7.13. The van der Waals surface area contributed by atoms with Gasteiger partial charge < -0.3 is 14.8 Å². The molecule has 3 aromatic rings. The molecule has 5 heteroatoms. The first kappa shape index (κ1) is 21.2. The van der Waals surface area contributed by atoms with E-state index in [1.807, 2.05) is 0 Å². The van der Waals surface area contributed by atoms with Gasteiger partial charge in [-0.3, -0.25) is 4.99 Å². The highest BCUT2D eigenvalue weighted by Gasteiger charge is 2.15. The van der Waals surface area contributed by atoms with Crippen LogP contribution in [0.2, 0.25) is 0 Å². The maximum atomic E-state index is 6.09. The average Bonchev–Trinajstić information content (AvgIpc) is 3.25. The minimum absolute atomic E-state index is 0. The standard InChI is InChI=1S/C24H26N2O2.ClH/c1-17-4-6-18(7-5-17)19-8-9-20-16-23(28-13-3-12-27-2)22(15-21(20)14-19)24-25-10-11-26-24;/h4-9,14-16H,3,10-13H2,1-2H3,(H,25,26);1H. The number of fused-ring (bicyclic) bond motifs is 1. The molecule has 152 valence electrons. The molecular weight excluding hydrogens is 384 g/mol. The first-order valence-electron chi connectivity index (χ1n) is 9.80. The Morgan fingerprint density at radius 3 is 2.45 bits per heavy atom. The van der Waals surface area contributed by atoms with Gasteiger partial charge in [-0.05, 0) is 47.0 Å². The Kier molecular flexibility index (Phi) is 7.13. The molecule has 1 aliphatic rings. The number of methoxy groups -OCH3 is 1. The molecule has 1 N–H and O–H groups in total. The van der Waals surface area contributed by atoms with E-state index in [-0.39, 0.29) is 12.4 Å². The first-order valence-corrected chi connectivity index (χ1v) is 9.80. The largest absolute Gasteiger partial charge is 0.493 e. The summed E-state index contributed by atoms with van der Waals surface area (Å²) in [6.45, 7) is 5.11. The number of benzene rings is 3. The van der Waals surface area contributed by atoms with Crippen molar-refractivity contribution in [3.8, 4) is 16.9 Å².